The highest BCUT2D eigenvalue weighted by Crippen LogP contribution is 2.10. The maximum absolute atomic E-state index is 4.10. The maximum Gasteiger partial charge on any atom is 0.102 e. The molecule has 0 aliphatic rings. The van der Waals surface area contributed by atoms with E-state index in [1.165, 1.54) is 0 Å². The van der Waals surface area contributed by atoms with E-state index in [1.807, 2.05) is 10.9 Å². The van der Waals surface area contributed by atoms with Crippen LogP contribution in [0.5, 0.6) is 0 Å². The minimum Gasteiger partial charge on any atom is -0.260 e. The zero-order valence-corrected chi connectivity index (χ0v) is 9.72. The van der Waals surface area contributed by atoms with E-state index in [-0.39, 0.29) is 5.41 Å². The first-order chi connectivity index (χ1) is 5.97. The maximum atomic E-state index is 4.10. The second-order valence-corrected chi connectivity index (χ2v) is 4.82. The molecule has 1 heterocycles. The lowest BCUT2D eigenvalue weighted by Gasteiger charge is -2.06. The van der Waals surface area contributed by atoms with Crippen LogP contribution in [0.1, 0.15) is 20.8 Å². The van der Waals surface area contributed by atoms with Gasteiger partial charge in [0, 0.05) is 11.6 Å². The van der Waals surface area contributed by atoms with Gasteiger partial charge in [0.25, 0.3) is 0 Å². The first kappa shape index (κ1) is 10.3. The van der Waals surface area contributed by atoms with Gasteiger partial charge in [-0.15, -0.1) is 0 Å². The average Bonchev–Trinajstić information content (AvgIpc) is 2.33. The van der Waals surface area contributed by atoms with Gasteiger partial charge in [-0.3, -0.25) is 4.68 Å². The van der Waals surface area contributed by atoms with Crippen LogP contribution in [-0.2, 0) is 6.54 Å². The fourth-order valence-corrected chi connectivity index (χ4v) is 1.14. The van der Waals surface area contributed by atoms with Crippen molar-refractivity contribution in [3.8, 4) is 11.8 Å². The normalized spacial score (nSPS) is 10.8. The third-order valence-corrected chi connectivity index (χ3v) is 1.72. The fraction of sp³-hybridized carbons (Fsp3) is 0.500. The van der Waals surface area contributed by atoms with E-state index in [4.69, 9.17) is 0 Å². The SMILES string of the molecule is CC(C)(C)C#CCn1cc(Br)cn1. The fourth-order valence-electron chi connectivity index (χ4n) is 0.811. The van der Waals surface area contributed by atoms with E-state index >= 15 is 0 Å². The van der Waals surface area contributed by atoms with Crippen LogP contribution in [0, 0.1) is 17.3 Å². The summed E-state index contributed by atoms with van der Waals surface area (Å²) < 4.78 is 2.80. The van der Waals surface area contributed by atoms with Gasteiger partial charge in [0.05, 0.1) is 10.7 Å². The molecule has 0 aliphatic carbocycles. The van der Waals surface area contributed by atoms with Crippen molar-refractivity contribution in [1.29, 1.82) is 0 Å². The van der Waals surface area contributed by atoms with Gasteiger partial charge in [0.15, 0.2) is 0 Å². The Morgan fingerprint density at radius 1 is 1.54 bits per heavy atom. The molecule has 0 saturated heterocycles. The van der Waals surface area contributed by atoms with E-state index in [0.29, 0.717) is 6.54 Å². The van der Waals surface area contributed by atoms with Crippen molar-refractivity contribution in [2.45, 2.75) is 27.3 Å². The Hall–Kier alpha value is -0.750. The minimum atomic E-state index is 0.0738. The van der Waals surface area contributed by atoms with E-state index in [0.717, 1.165) is 4.47 Å². The van der Waals surface area contributed by atoms with Crippen LogP contribution >= 0.6 is 15.9 Å². The molecule has 0 bridgehead atoms. The zero-order valence-electron chi connectivity index (χ0n) is 8.13. The summed E-state index contributed by atoms with van der Waals surface area (Å²) in [5, 5.41) is 4.10. The van der Waals surface area contributed by atoms with Crippen molar-refractivity contribution < 1.29 is 0 Å². The summed E-state index contributed by atoms with van der Waals surface area (Å²) in [5.41, 5.74) is 0.0738. The van der Waals surface area contributed by atoms with Gasteiger partial charge < -0.3 is 0 Å². The summed E-state index contributed by atoms with van der Waals surface area (Å²) in [7, 11) is 0. The number of hydrogen-bond donors (Lipinski definition) is 0. The van der Waals surface area contributed by atoms with E-state index in [1.54, 1.807) is 6.20 Å². The molecule has 0 fully saturated rings. The van der Waals surface area contributed by atoms with E-state index < -0.39 is 0 Å². The molecule has 0 aromatic carbocycles. The number of aromatic nitrogens is 2. The standard InChI is InChI=1S/C10H13BrN2/c1-10(2,3)5-4-6-13-8-9(11)7-12-13/h7-8H,6H2,1-3H3. The smallest absolute Gasteiger partial charge is 0.102 e. The van der Waals surface area contributed by atoms with Crippen molar-refractivity contribution in [3.05, 3.63) is 16.9 Å². The Morgan fingerprint density at radius 3 is 2.69 bits per heavy atom. The highest BCUT2D eigenvalue weighted by molar-refractivity contribution is 9.10. The second-order valence-electron chi connectivity index (χ2n) is 3.91. The van der Waals surface area contributed by atoms with Gasteiger partial charge >= 0.3 is 0 Å². The van der Waals surface area contributed by atoms with Crippen LogP contribution in [0.25, 0.3) is 0 Å². The molecule has 0 unspecified atom stereocenters. The first-order valence-corrected chi connectivity index (χ1v) is 4.95. The Bertz CT molecular complexity index is 336. The lowest BCUT2D eigenvalue weighted by molar-refractivity contribution is 0.568. The van der Waals surface area contributed by atoms with Crippen molar-refractivity contribution in [2.75, 3.05) is 0 Å². The molecule has 2 nitrogen and oxygen atoms in total. The number of rotatable bonds is 1. The zero-order chi connectivity index (χ0) is 9.90. The third kappa shape index (κ3) is 4.14. The summed E-state index contributed by atoms with van der Waals surface area (Å²) in [6.07, 6.45) is 3.68. The highest BCUT2D eigenvalue weighted by Gasteiger charge is 2.02. The number of nitrogens with zero attached hydrogens (tertiary/aromatic N) is 2. The molecule has 0 spiro atoms. The molecule has 1 aromatic rings. The van der Waals surface area contributed by atoms with Crippen LogP contribution in [0.15, 0.2) is 16.9 Å². The van der Waals surface area contributed by atoms with E-state index in [2.05, 4.69) is 53.6 Å². The lowest BCUT2D eigenvalue weighted by atomic mass is 9.98. The topological polar surface area (TPSA) is 17.8 Å². The molecule has 0 N–H and O–H groups in total. The summed E-state index contributed by atoms with van der Waals surface area (Å²) in [5.74, 6) is 6.24. The average molecular weight is 241 g/mol. The summed E-state index contributed by atoms with van der Waals surface area (Å²) >= 11 is 3.33. The summed E-state index contributed by atoms with van der Waals surface area (Å²) in [4.78, 5) is 0. The van der Waals surface area contributed by atoms with Crippen LogP contribution in [-0.4, -0.2) is 9.78 Å². The molecule has 13 heavy (non-hydrogen) atoms. The molecule has 0 radical (unpaired) electrons. The number of hydrogen-bond acceptors (Lipinski definition) is 1. The molecule has 0 saturated carbocycles. The molecular weight excluding hydrogens is 228 g/mol. The molecule has 1 aromatic heterocycles. The molecular formula is C10H13BrN2. The predicted molar refractivity (Wildman–Crippen MR) is 57.2 cm³/mol. The van der Waals surface area contributed by atoms with Crippen molar-refractivity contribution in [2.24, 2.45) is 5.41 Å². The lowest BCUT2D eigenvalue weighted by Crippen LogP contribution is -2.01. The Kier molecular flexibility index (Phi) is 3.16. The van der Waals surface area contributed by atoms with Crippen LogP contribution in [0.3, 0.4) is 0 Å². The Labute approximate surface area is 87.5 Å². The van der Waals surface area contributed by atoms with Crippen molar-refractivity contribution >= 4 is 15.9 Å². The molecule has 0 aliphatic heterocycles. The van der Waals surface area contributed by atoms with Crippen LogP contribution in [0.4, 0.5) is 0 Å². The Balaban J connectivity index is 2.55. The van der Waals surface area contributed by atoms with Gasteiger partial charge in [-0.25, -0.2) is 0 Å². The van der Waals surface area contributed by atoms with Gasteiger partial charge in [0.1, 0.15) is 6.54 Å². The summed E-state index contributed by atoms with van der Waals surface area (Å²) in [6, 6.07) is 0. The molecule has 70 valence electrons. The first-order valence-electron chi connectivity index (χ1n) is 4.15. The second kappa shape index (κ2) is 3.97. The van der Waals surface area contributed by atoms with Gasteiger partial charge in [-0.1, -0.05) is 11.8 Å². The van der Waals surface area contributed by atoms with Crippen LogP contribution < -0.4 is 0 Å². The van der Waals surface area contributed by atoms with Crippen molar-refractivity contribution in [1.82, 2.24) is 9.78 Å². The monoisotopic (exact) mass is 240 g/mol. The predicted octanol–water partition coefficient (Wildman–Crippen LogP) is 2.70. The summed E-state index contributed by atoms with van der Waals surface area (Å²) in [6.45, 7) is 6.94. The van der Waals surface area contributed by atoms with Crippen LogP contribution in [0.2, 0.25) is 0 Å². The van der Waals surface area contributed by atoms with Gasteiger partial charge in [-0.05, 0) is 36.7 Å². The minimum absolute atomic E-state index is 0.0738. The van der Waals surface area contributed by atoms with Gasteiger partial charge in [0.2, 0.25) is 0 Å². The van der Waals surface area contributed by atoms with Crippen molar-refractivity contribution in [3.63, 3.8) is 0 Å². The van der Waals surface area contributed by atoms with Gasteiger partial charge in [-0.2, -0.15) is 5.10 Å². The molecule has 3 heteroatoms. The number of halogens is 1. The largest absolute Gasteiger partial charge is 0.260 e. The van der Waals surface area contributed by atoms with E-state index in [9.17, 15) is 0 Å². The third-order valence-electron chi connectivity index (χ3n) is 1.31. The quantitative estimate of drug-likeness (QED) is 0.691. The molecule has 0 amide bonds. The molecule has 1 rings (SSSR count). The Morgan fingerprint density at radius 2 is 2.23 bits per heavy atom. The highest BCUT2D eigenvalue weighted by atomic mass is 79.9. The molecule has 0 atom stereocenters.